The van der Waals surface area contributed by atoms with Crippen molar-refractivity contribution in [3.05, 3.63) is 41.8 Å². The third-order valence-electron chi connectivity index (χ3n) is 4.05. The first-order valence-corrected chi connectivity index (χ1v) is 9.05. The van der Waals surface area contributed by atoms with Gasteiger partial charge in [0.15, 0.2) is 0 Å². The summed E-state index contributed by atoms with van der Waals surface area (Å²) in [4.78, 5) is 25.1. The minimum Gasteiger partial charge on any atom is -0.416 e. The van der Waals surface area contributed by atoms with Gasteiger partial charge in [0, 0.05) is 19.5 Å². The van der Waals surface area contributed by atoms with Crippen LogP contribution in [0.3, 0.4) is 0 Å². The summed E-state index contributed by atoms with van der Waals surface area (Å²) in [5.74, 6) is 0.543. The summed E-state index contributed by atoms with van der Waals surface area (Å²) < 4.78 is 5.66. The number of carbonyl (C=O) groups is 2. The monoisotopic (exact) mass is 360 g/mol. The van der Waals surface area contributed by atoms with E-state index in [2.05, 4.69) is 34.6 Å². The summed E-state index contributed by atoms with van der Waals surface area (Å²) in [6.45, 7) is 4.72. The molecule has 25 heavy (non-hydrogen) atoms. The van der Waals surface area contributed by atoms with Crippen LogP contribution < -0.4 is 5.32 Å². The number of hydrogen-bond acceptors (Lipinski definition) is 6. The number of amides is 3. The Morgan fingerprint density at radius 1 is 1.32 bits per heavy atom. The number of benzene rings is 1. The highest BCUT2D eigenvalue weighted by Gasteiger charge is 2.31. The lowest BCUT2D eigenvalue weighted by molar-refractivity contribution is -0.126. The Labute approximate surface area is 150 Å². The van der Waals surface area contributed by atoms with E-state index >= 15 is 0 Å². The number of rotatable bonds is 6. The molecule has 3 amide bonds. The molecule has 2 heterocycles. The van der Waals surface area contributed by atoms with Crippen LogP contribution in [-0.4, -0.2) is 45.4 Å². The molecule has 1 aromatic carbocycles. The van der Waals surface area contributed by atoms with Crippen LogP contribution in [0.15, 0.2) is 40.0 Å². The number of nitrogens with one attached hydrogen (secondary N) is 1. The van der Waals surface area contributed by atoms with Gasteiger partial charge in [-0.05, 0) is 18.4 Å². The minimum absolute atomic E-state index is 0.252. The molecule has 1 fully saturated rings. The van der Waals surface area contributed by atoms with Crippen molar-refractivity contribution in [2.45, 2.75) is 36.7 Å². The average Bonchev–Trinajstić information content (AvgIpc) is 3.23. The zero-order chi connectivity index (χ0) is 17.8. The normalized spacial score (nSPS) is 16.6. The summed E-state index contributed by atoms with van der Waals surface area (Å²) in [5, 5.41) is 10.6. The molecule has 1 aliphatic heterocycles. The number of imide groups is 1. The van der Waals surface area contributed by atoms with Gasteiger partial charge in [-0.15, -0.1) is 10.2 Å². The molecular weight excluding hydrogens is 340 g/mol. The summed E-state index contributed by atoms with van der Waals surface area (Å²) in [6.07, 6.45) is 0.633. The summed E-state index contributed by atoms with van der Waals surface area (Å²) in [7, 11) is 0. The van der Waals surface area contributed by atoms with Gasteiger partial charge in [-0.25, -0.2) is 4.79 Å². The molecule has 8 heteroatoms. The quantitative estimate of drug-likeness (QED) is 0.796. The van der Waals surface area contributed by atoms with Crippen LogP contribution in [0.1, 0.15) is 31.2 Å². The second-order valence-electron chi connectivity index (χ2n) is 5.96. The number of nitrogens with zero attached hydrogens (tertiary/aromatic N) is 3. The van der Waals surface area contributed by atoms with E-state index in [4.69, 9.17) is 4.42 Å². The topological polar surface area (TPSA) is 88.3 Å². The molecular formula is C17H20N4O3S. The summed E-state index contributed by atoms with van der Waals surface area (Å²) in [5.41, 5.74) is 1.21. The van der Waals surface area contributed by atoms with Gasteiger partial charge in [0.2, 0.25) is 11.8 Å². The molecule has 1 aromatic heterocycles. The molecule has 0 radical (unpaired) electrons. The predicted octanol–water partition coefficient (Wildman–Crippen LogP) is 2.45. The molecule has 132 valence electrons. The molecule has 0 saturated carbocycles. The molecule has 1 saturated heterocycles. The largest absolute Gasteiger partial charge is 0.416 e. The van der Waals surface area contributed by atoms with Crippen LogP contribution in [0, 0.1) is 0 Å². The Hall–Kier alpha value is -2.35. The van der Waals surface area contributed by atoms with E-state index in [1.807, 2.05) is 18.2 Å². The summed E-state index contributed by atoms with van der Waals surface area (Å²) >= 11 is 1.17. The fourth-order valence-electron chi connectivity index (χ4n) is 2.63. The zero-order valence-corrected chi connectivity index (χ0v) is 15.0. The van der Waals surface area contributed by atoms with Gasteiger partial charge in [0.05, 0.1) is 5.25 Å². The van der Waals surface area contributed by atoms with Crippen molar-refractivity contribution in [3.63, 3.8) is 0 Å². The second-order valence-corrected chi connectivity index (χ2v) is 7.25. The van der Waals surface area contributed by atoms with E-state index < -0.39 is 5.25 Å². The molecule has 0 spiro atoms. The molecule has 2 atom stereocenters. The average molecular weight is 360 g/mol. The van der Waals surface area contributed by atoms with Crippen LogP contribution in [0.25, 0.3) is 0 Å². The first kappa shape index (κ1) is 17.5. The van der Waals surface area contributed by atoms with Crippen LogP contribution in [0.5, 0.6) is 0 Å². The lowest BCUT2D eigenvalue weighted by Gasteiger charge is -2.15. The fourth-order valence-corrected chi connectivity index (χ4v) is 3.40. The first-order chi connectivity index (χ1) is 12.0. The molecule has 2 aromatic rings. The highest BCUT2D eigenvalue weighted by Crippen LogP contribution is 2.26. The maximum atomic E-state index is 12.3. The molecule has 0 bridgehead atoms. The van der Waals surface area contributed by atoms with Crippen LogP contribution in [0.2, 0.25) is 0 Å². The Balaban J connectivity index is 1.58. The lowest BCUT2D eigenvalue weighted by atomic mass is 9.98. The number of aromatic nitrogens is 2. The van der Waals surface area contributed by atoms with E-state index in [9.17, 15) is 9.59 Å². The Morgan fingerprint density at radius 3 is 2.76 bits per heavy atom. The third kappa shape index (κ3) is 4.19. The predicted molar refractivity (Wildman–Crippen MR) is 93.3 cm³/mol. The minimum atomic E-state index is -0.469. The number of urea groups is 1. The maximum absolute atomic E-state index is 12.3. The Bertz CT molecular complexity index is 749. The van der Waals surface area contributed by atoms with E-state index in [1.54, 1.807) is 6.92 Å². The van der Waals surface area contributed by atoms with Crippen molar-refractivity contribution in [2.75, 3.05) is 13.1 Å². The molecule has 2 unspecified atom stereocenters. The Morgan fingerprint density at radius 2 is 2.08 bits per heavy atom. The van der Waals surface area contributed by atoms with Crippen LogP contribution >= 0.6 is 11.8 Å². The summed E-state index contributed by atoms with van der Waals surface area (Å²) in [6, 6.07) is 9.78. The van der Waals surface area contributed by atoms with E-state index in [0.29, 0.717) is 30.6 Å². The molecule has 1 N–H and O–H groups in total. The van der Waals surface area contributed by atoms with Gasteiger partial charge in [0.25, 0.3) is 5.22 Å². The van der Waals surface area contributed by atoms with Gasteiger partial charge in [-0.3, -0.25) is 9.69 Å². The van der Waals surface area contributed by atoms with E-state index in [-0.39, 0.29) is 17.9 Å². The highest BCUT2D eigenvalue weighted by atomic mass is 32.2. The number of thioether (sulfide) groups is 1. The van der Waals surface area contributed by atoms with Crippen LogP contribution in [-0.2, 0) is 11.2 Å². The number of carbonyl (C=O) groups excluding carboxylic acids is 2. The van der Waals surface area contributed by atoms with Crippen molar-refractivity contribution in [1.82, 2.24) is 20.4 Å². The zero-order valence-electron chi connectivity index (χ0n) is 14.1. The third-order valence-corrected chi connectivity index (χ3v) is 4.97. The standard InChI is InChI=1S/C17H20N4O3S/c1-11(13-6-4-3-5-7-13)10-14-19-20-17(24-14)25-12(2)15(22)21-9-8-18-16(21)23/h3-7,11-12H,8-10H2,1-2H3,(H,18,23). The molecule has 7 nitrogen and oxygen atoms in total. The SMILES string of the molecule is CC(Sc1nnc(CC(C)c2ccccc2)o1)C(=O)N1CCNC1=O. The van der Waals surface area contributed by atoms with Crippen molar-refractivity contribution in [2.24, 2.45) is 0 Å². The van der Waals surface area contributed by atoms with Gasteiger partial charge in [-0.1, -0.05) is 49.0 Å². The van der Waals surface area contributed by atoms with Gasteiger partial charge in [-0.2, -0.15) is 0 Å². The maximum Gasteiger partial charge on any atom is 0.324 e. The highest BCUT2D eigenvalue weighted by molar-refractivity contribution is 8.00. The van der Waals surface area contributed by atoms with Crippen molar-refractivity contribution in [3.8, 4) is 0 Å². The molecule has 3 rings (SSSR count). The van der Waals surface area contributed by atoms with Gasteiger partial charge < -0.3 is 9.73 Å². The number of hydrogen-bond donors (Lipinski definition) is 1. The first-order valence-electron chi connectivity index (χ1n) is 8.18. The Kier molecular flexibility index (Phi) is 5.37. The smallest absolute Gasteiger partial charge is 0.324 e. The van der Waals surface area contributed by atoms with Gasteiger partial charge in [0.1, 0.15) is 0 Å². The fraction of sp³-hybridized carbons (Fsp3) is 0.412. The van der Waals surface area contributed by atoms with Crippen molar-refractivity contribution in [1.29, 1.82) is 0 Å². The van der Waals surface area contributed by atoms with E-state index in [1.165, 1.54) is 22.2 Å². The van der Waals surface area contributed by atoms with Crippen molar-refractivity contribution >= 4 is 23.7 Å². The van der Waals surface area contributed by atoms with Crippen molar-refractivity contribution < 1.29 is 14.0 Å². The van der Waals surface area contributed by atoms with Crippen LogP contribution in [0.4, 0.5) is 4.79 Å². The van der Waals surface area contributed by atoms with E-state index in [0.717, 1.165) is 0 Å². The lowest BCUT2D eigenvalue weighted by Crippen LogP contribution is -2.38. The molecule has 1 aliphatic rings. The second kappa shape index (κ2) is 7.69. The molecule has 0 aliphatic carbocycles. The van der Waals surface area contributed by atoms with Gasteiger partial charge >= 0.3 is 6.03 Å².